The molecule has 3 nitrogen and oxygen atoms in total. The SMILES string of the molecule is CCCNCc1c(CN2CCCC2C)oc2ccccc12. The molecule has 2 heterocycles. The Balaban J connectivity index is 1.86. The van der Waals surface area contributed by atoms with Crippen LogP contribution in [0.25, 0.3) is 11.0 Å². The Kier molecular flexibility index (Phi) is 4.61. The highest BCUT2D eigenvalue weighted by molar-refractivity contribution is 5.82. The van der Waals surface area contributed by atoms with Crippen LogP contribution < -0.4 is 5.32 Å². The summed E-state index contributed by atoms with van der Waals surface area (Å²) in [6.45, 7) is 8.62. The molecule has 114 valence electrons. The molecule has 0 radical (unpaired) electrons. The molecular formula is C18H26N2O. The topological polar surface area (TPSA) is 28.4 Å². The van der Waals surface area contributed by atoms with E-state index in [1.54, 1.807) is 0 Å². The second-order valence-electron chi connectivity index (χ2n) is 6.14. The molecule has 0 aliphatic carbocycles. The van der Waals surface area contributed by atoms with Crippen LogP contribution in [0, 0.1) is 0 Å². The molecule has 1 aliphatic rings. The zero-order valence-corrected chi connectivity index (χ0v) is 13.2. The molecule has 1 unspecified atom stereocenters. The predicted octanol–water partition coefficient (Wildman–Crippen LogP) is 3.92. The van der Waals surface area contributed by atoms with Gasteiger partial charge in [0.1, 0.15) is 11.3 Å². The van der Waals surface area contributed by atoms with Gasteiger partial charge in [0.15, 0.2) is 0 Å². The van der Waals surface area contributed by atoms with Crippen molar-refractivity contribution in [1.29, 1.82) is 0 Å². The van der Waals surface area contributed by atoms with Crippen molar-refractivity contribution in [3.63, 3.8) is 0 Å². The molecule has 21 heavy (non-hydrogen) atoms. The molecule has 3 heteroatoms. The van der Waals surface area contributed by atoms with Crippen molar-refractivity contribution in [1.82, 2.24) is 10.2 Å². The Morgan fingerprint density at radius 3 is 2.95 bits per heavy atom. The number of nitrogens with one attached hydrogen (secondary N) is 1. The van der Waals surface area contributed by atoms with E-state index in [1.807, 2.05) is 0 Å². The Hall–Kier alpha value is -1.32. The summed E-state index contributed by atoms with van der Waals surface area (Å²) in [5, 5.41) is 4.79. The first-order chi connectivity index (χ1) is 10.3. The first kappa shape index (κ1) is 14.6. The molecule has 1 aromatic heterocycles. The summed E-state index contributed by atoms with van der Waals surface area (Å²) in [4.78, 5) is 2.54. The average molecular weight is 286 g/mol. The number of likely N-dealkylation sites (tertiary alicyclic amines) is 1. The van der Waals surface area contributed by atoms with Crippen molar-refractivity contribution in [2.45, 2.75) is 52.2 Å². The maximum Gasteiger partial charge on any atom is 0.134 e. The molecule has 1 saturated heterocycles. The first-order valence-electron chi connectivity index (χ1n) is 8.23. The van der Waals surface area contributed by atoms with E-state index in [9.17, 15) is 0 Å². The smallest absolute Gasteiger partial charge is 0.134 e. The minimum absolute atomic E-state index is 0.676. The van der Waals surface area contributed by atoms with Crippen molar-refractivity contribution >= 4 is 11.0 Å². The van der Waals surface area contributed by atoms with E-state index in [0.717, 1.165) is 37.4 Å². The van der Waals surface area contributed by atoms with Gasteiger partial charge in [-0.3, -0.25) is 4.90 Å². The highest BCUT2D eigenvalue weighted by atomic mass is 16.3. The Morgan fingerprint density at radius 1 is 1.33 bits per heavy atom. The van der Waals surface area contributed by atoms with Crippen molar-refractivity contribution in [2.75, 3.05) is 13.1 Å². The van der Waals surface area contributed by atoms with Crippen molar-refractivity contribution in [3.8, 4) is 0 Å². The third-order valence-corrected chi connectivity index (χ3v) is 4.55. The number of hydrogen-bond donors (Lipinski definition) is 1. The molecule has 1 atom stereocenters. The Morgan fingerprint density at radius 2 is 2.19 bits per heavy atom. The Bertz CT molecular complexity index is 590. The van der Waals surface area contributed by atoms with Crippen LogP contribution in [0.15, 0.2) is 28.7 Å². The molecule has 0 spiro atoms. The highest BCUT2D eigenvalue weighted by Gasteiger charge is 2.23. The second-order valence-corrected chi connectivity index (χ2v) is 6.14. The van der Waals surface area contributed by atoms with Crippen LogP contribution in [-0.2, 0) is 13.1 Å². The van der Waals surface area contributed by atoms with Gasteiger partial charge in [-0.05, 0) is 45.3 Å². The van der Waals surface area contributed by atoms with Crippen LogP contribution in [0.1, 0.15) is 44.4 Å². The number of hydrogen-bond acceptors (Lipinski definition) is 3. The summed E-state index contributed by atoms with van der Waals surface area (Å²) in [5.74, 6) is 1.15. The van der Waals surface area contributed by atoms with Crippen molar-refractivity contribution < 1.29 is 4.42 Å². The van der Waals surface area contributed by atoms with Gasteiger partial charge in [0.2, 0.25) is 0 Å². The molecule has 1 N–H and O–H groups in total. The van der Waals surface area contributed by atoms with E-state index in [0.29, 0.717) is 6.04 Å². The van der Waals surface area contributed by atoms with E-state index in [-0.39, 0.29) is 0 Å². The second kappa shape index (κ2) is 6.63. The van der Waals surface area contributed by atoms with Gasteiger partial charge >= 0.3 is 0 Å². The van der Waals surface area contributed by atoms with Gasteiger partial charge in [0.05, 0.1) is 6.54 Å². The van der Waals surface area contributed by atoms with Crippen LogP contribution in [0.3, 0.4) is 0 Å². The van der Waals surface area contributed by atoms with Gasteiger partial charge in [0.25, 0.3) is 0 Å². The lowest BCUT2D eigenvalue weighted by Crippen LogP contribution is -2.26. The number of nitrogens with zero attached hydrogens (tertiary/aromatic N) is 1. The van der Waals surface area contributed by atoms with Crippen LogP contribution in [0.4, 0.5) is 0 Å². The third kappa shape index (κ3) is 3.14. The molecule has 0 bridgehead atoms. The minimum Gasteiger partial charge on any atom is -0.459 e. The normalized spacial score (nSPS) is 19.6. The number of furan rings is 1. The molecule has 0 amide bonds. The predicted molar refractivity (Wildman–Crippen MR) is 87.3 cm³/mol. The number of rotatable bonds is 6. The summed E-state index contributed by atoms with van der Waals surface area (Å²) in [5.41, 5.74) is 2.37. The standard InChI is InChI=1S/C18H26N2O/c1-3-10-19-12-16-15-8-4-5-9-17(15)21-18(16)13-20-11-6-7-14(20)2/h4-5,8-9,14,19H,3,6-7,10-13H2,1-2H3. The van der Waals surface area contributed by atoms with Crippen LogP contribution >= 0.6 is 0 Å². The van der Waals surface area contributed by atoms with Crippen LogP contribution in [0.2, 0.25) is 0 Å². The molecule has 1 fully saturated rings. The molecule has 0 saturated carbocycles. The monoisotopic (exact) mass is 286 g/mol. The van der Waals surface area contributed by atoms with Crippen LogP contribution in [-0.4, -0.2) is 24.0 Å². The third-order valence-electron chi connectivity index (χ3n) is 4.55. The maximum absolute atomic E-state index is 6.16. The minimum atomic E-state index is 0.676. The van der Waals surface area contributed by atoms with E-state index < -0.39 is 0 Å². The largest absolute Gasteiger partial charge is 0.459 e. The molecule has 1 aliphatic heterocycles. The van der Waals surface area contributed by atoms with E-state index in [4.69, 9.17) is 4.42 Å². The lowest BCUT2D eigenvalue weighted by atomic mass is 10.1. The van der Waals surface area contributed by atoms with E-state index in [2.05, 4.69) is 48.3 Å². The van der Waals surface area contributed by atoms with Gasteiger partial charge in [-0.1, -0.05) is 25.1 Å². The number of para-hydroxylation sites is 1. The fourth-order valence-corrected chi connectivity index (χ4v) is 3.27. The summed E-state index contributed by atoms with van der Waals surface area (Å²) < 4.78 is 6.16. The van der Waals surface area contributed by atoms with E-state index in [1.165, 1.54) is 30.3 Å². The maximum atomic E-state index is 6.16. The van der Waals surface area contributed by atoms with Gasteiger partial charge < -0.3 is 9.73 Å². The summed E-state index contributed by atoms with van der Waals surface area (Å²) in [6, 6.07) is 9.09. The van der Waals surface area contributed by atoms with Gasteiger partial charge in [-0.2, -0.15) is 0 Å². The molecule has 1 aromatic carbocycles. The fraction of sp³-hybridized carbons (Fsp3) is 0.556. The summed E-state index contributed by atoms with van der Waals surface area (Å²) >= 11 is 0. The van der Waals surface area contributed by atoms with Crippen molar-refractivity contribution in [3.05, 3.63) is 35.6 Å². The highest BCUT2D eigenvalue weighted by Crippen LogP contribution is 2.29. The lowest BCUT2D eigenvalue weighted by Gasteiger charge is -2.20. The average Bonchev–Trinajstić information content (AvgIpc) is 3.04. The fourth-order valence-electron chi connectivity index (χ4n) is 3.27. The van der Waals surface area contributed by atoms with Gasteiger partial charge in [-0.15, -0.1) is 0 Å². The number of benzene rings is 1. The van der Waals surface area contributed by atoms with Crippen molar-refractivity contribution in [2.24, 2.45) is 0 Å². The molecule has 2 aromatic rings. The lowest BCUT2D eigenvalue weighted by molar-refractivity contribution is 0.239. The molecule has 3 rings (SSSR count). The summed E-state index contributed by atoms with van der Waals surface area (Å²) in [6.07, 6.45) is 3.78. The van der Waals surface area contributed by atoms with E-state index >= 15 is 0 Å². The van der Waals surface area contributed by atoms with Gasteiger partial charge in [0, 0.05) is 23.5 Å². The number of fused-ring (bicyclic) bond motifs is 1. The first-order valence-corrected chi connectivity index (χ1v) is 8.23. The van der Waals surface area contributed by atoms with Crippen LogP contribution in [0.5, 0.6) is 0 Å². The summed E-state index contributed by atoms with van der Waals surface area (Å²) in [7, 11) is 0. The quantitative estimate of drug-likeness (QED) is 0.816. The van der Waals surface area contributed by atoms with Gasteiger partial charge in [-0.25, -0.2) is 0 Å². The Labute approximate surface area is 127 Å². The zero-order valence-electron chi connectivity index (χ0n) is 13.2. The molecular weight excluding hydrogens is 260 g/mol. The zero-order chi connectivity index (χ0) is 14.7.